The second-order valence-corrected chi connectivity index (χ2v) is 9.07. The molecule has 0 aliphatic heterocycles. The first-order valence-corrected chi connectivity index (χ1v) is 12.3. The number of aromatic nitrogens is 3. The van der Waals surface area contributed by atoms with E-state index < -0.39 is 17.8 Å². The lowest BCUT2D eigenvalue weighted by Gasteiger charge is -2.11. The zero-order chi connectivity index (χ0) is 26.9. The molecule has 1 aromatic heterocycles. The van der Waals surface area contributed by atoms with E-state index in [0.717, 1.165) is 11.8 Å². The van der Waals surface area contributed by atoms with Crippen LogP contribution in [0.2, 0.25) is 10.0 Å². The van der Waals surface area contributed by atoms with Gasteiger partial charge in [-0.15, -0.1) is 16.8 Å². The van der Waals surface area contributed by atoms with Crippen molar-refractivity contribution in [3.05, 3.63) is 76.0 Å². The molecule has 3 aromatic rings. The van der Waals surface area contributed by atoms with Crippen molar-refractivity contribution in [1.29, 1.82) is 0 Å². The van der Waals surface area contributed by atoms with Crippen molar-refractivity contribution in [2.45, 2.75) is 18.3 Å². The predicted octanol–water partition coefficient (Wildman–Crippen LogP) is 4.65. The van der Waals surface area contributed by atoms with Gasteiger partial charge in [0.2, 0.25) is 5.91 Å². The molecule has 0 aliphatic carbocycles. The van der Waals surface area contributed by atoms with Gasteiger partial charge in [-0.05, 0) is 36.4 Å². The van der Waals surface area contributed by atoms with Crippen molar-refractivity contribution in [3.63, 3.8) is 0 Å². The zero-order valence-electron chi connectivity index (χ0n) is 19.8. The number of nitrogens with zero attached hydrogens (tertiary/aromatic N) is 3. The number of nitrogens with one attached hydrogen (secondary N) is 1. The maximum absolute atomic E-state index is 12.6. The average molecular weight is 565 g/mol. The van der Waals surface area contributed by atoms with Crippen LogP contribution in [0.4, 0.5) is 5.69 Å². The third kappa shape index (κ3) is 7.48. The maximum Gasteiger partial charge on any atom is 0.337 e. The summed E-state index contributed by atoms with van der Waals surface area (Å²) in [6.45, 7) is 4.21. The number of methoxy groups -OCH3 is 2. The number of benzene rings is 2. The summed E-state index contributed by atoms with van der Waals surface area (Å²) in [7, 11) is 2.43. The van der Waals surface area contributed by atoms with Crippen molar-refractivity contribution in [2.75, 3.05) is 25.3 Å². The van der Waals surface area contributed by atoms with E-state index in [2.05, 4.69) is 22.1 Å². The van der Waals surface area contributed by atoms with Crippen LogP contribution in [-0.4, -0.2) is 52.6 Å². The van der Waals surface area contributed by atoms with Crippen LogP contribution in [0, 0.1) is 0 Å². The first kappa shape index (κ1) is 28.0. The highest BCUT2D eigenvalue weighted by Crippen LogP contribution is 2.28. The molecule has 10 nitrogen and oxygen atoms in total. The molecule has 37 heavy (non-hydrogen) atoms. The Morgan fingerprint density at radius 1 is 1.05 bits per heavy atom. The van der Waals surface area contributed by atoms with Crippen molar-refractivity contribution < 1.29 is 28.6 Å². The van der Waals surface area contributed by atoms with Crippen molar-refractivity contribution >= 4 is 58.5 Å². The molecule has 194 valence electrons. The summed E-state index contributed by atoms with van der Waals surface area (Å²) in [4.78, 5) is 36.6. The summed E-state index contributed by atoms with van der Waals surface area (Å²) >= 11 is 13.2. The van der Waals surface area contributed by atoms with E-state index in [0.29, 0.717) is 33.3 Å². The molecule has 0 bridgehead atoms. The van der Waals surface area contributed by atoms with Gasteiger partial charge in [-0.3, -0.25) is 9.36 Å². The van der Waals surface area contributed by atoms with Gasteiger partial charge in [-0.25, -0.2) is 9.59 Å². The highest BCUT2D eigenvalue weighted by Gasteiger charge is 2.17. The van der Waals surface area contributed by atoms with E-state index in [-0.39, 0.29) is 29.2 Å². The number of esters is 2. The van der Waals surface area contributed by atoms with Gasteiger partial charge in [-0.1, -0.05) is 41.0 Å². The minimum Gasteiger partial charge on any atom is -0.484 e. The summed E-state index contributed by atoms with van der Waals surface area (Å²) in [6.07, 6.45) is 1.67. The monoisotopic (exact) mass is 564 g/mol. The normalized spacial score (nSPS) is 10.5. The predicted molar refractivity (Wildman–Crippen MR) is 139 cm³/mol. The van der Waals surface area contributed by atoms with Crippen molar-refractivity contribution in [2.24, 2.45) is 0 Å². The van der Waals surface area contributed by atoms with Gasteiger partial charge in [0.15, 0.2) is 11.0 Å². The lowest BCUT2D eigenvalue weighted by Crippen LogP contribution is -2.16. The number of carbonyl (C=O) groups is 3. The molecule has 3 rings (SSSR count). The quantitative estimate of drug-likeness (QED) is 0.201. The summed E-state index contributed by atoms with van der Waals surface area (Å²) < 4.78 is 16.9. The fourth-order valence-corrected chi connectivity index (χ4v) is 4.31. The van der Waals surface area contributed by atoms with Crippen molar-refractivity contribution in [1.82, 2.24) is 14.8 Å². The molecule has 2 aromatic carbocycles. The van der Waals surface area contributed by atoms with Crippen LogP contribution in [-0.2, 0) is 27.4 Å². The molecule has 0 spiro atoms. The molecule has 1 heterocycles. The van der Waals surface area contributed by atoms with Crippen molar-refractivity contribution in [3.8, 4) is 5.75 Å². The molecule has 0 saturated heterocycles. The standard InChI is InChI=1S/C24H22Cl2N4O6S/c1-4-7-30-20(12-36-19-6-5-16(25)11-18(19)26)28-29-24(30)37-13-21(31)27-17-9-14(22(32)34-2)8-15(10-17)23(33)35-3/h4-6,8-11H,1,7,12-13H2,2-3H3,(H,27,31). The molecular weight excluding hydrogens is 543 g/mol. The molecule has 0 atom stereocenters. The van der Waals surface area contributed by atoms with Gasteiger partial charge in [0.05, 0.1) is 36.1 Å². The van der Waals surface area contributed by atoms with E-state index in [9.17, 15) is 14.4 Å². The topological polar surface area (TPSA) is 122 Å². The fourth-order valence-electron chi connectivity index (χ4n) is 3.08. The Morgan fingerprint density at radius 3 is 2.32 bits per heavy atom. The Bertz CT molecular complexity index is 1300. The number of carbonyl (C=O) groups excluding carboxylic acids is 3. The van der Waals surface area contributed by atoms with E-state index in [1.165, 1.54) is 32.4 Å². The summed E-state index contributed by atoms with van der Waals surface area (Å²) in [5, 5.41) is 12.3. The number of anilines is 1. The average Bonchev–Trinajstić information content (AvgIpc) is 3.27. The third-order valence-electron chi connectivity index (χ3n) is 4.75. The maximum atomic E-state index is 12.6. The molecule has 0 saturated carbocycles. The van der Waals surface area contributed by atoms with Crippen LogP contribution < -0.4 is 10.1 Å². The minimum absolute atomic E-state index is 0.0326. The Kier molecular flexibility index (Phi) is 9.95. The van der Waals surface area contributed by atoms with Gasteiger partial charge in [0, 0.05) is 17.3 Å². The number of allylic oxidation sites excluding steroid dienone is 1. The second kappa shape index (κ2) is 13.1. The smallest absolute Gasteiger partial charge is 0.337 e. The van der Waals surface area contributed by atoms with Gasteiger partial charge in [0.25, 0.3) is 0 Å². The Labute approximate surface area is 226 Å². The largest absolute Gasteiger partial charge is 0.484 e. The highest BCUT2D eigenvalue weighted by molar-refractivity contribution is 7.99. The summed E-state index contributed by atoms with van der Waals surface area (Å²) in [6, 6.07) is 9.01. The Hall–Kier alpha value is -3.54. The van der Waals surface area contributed by atoms with Crippen LogP contribution in [0.5, 0.6) is 5.75 Å². The van der Waals surface area contributed by atoms with Crippen LogP contribution in [0.1, 0.15) is 26.5 Å². The molecule has 0 fully saturated rings. The SMILES string of the molecule is C=CCn1c(COc2ccc(Cl)cc2Cl)nnc1SCC(=O)Nc1cc(C(=O)OC)cc(C(=O)OC)c1. The fraction of sp³-hybridized carbons (Fsp3) is 0.208. The molecule has 13 heteroatoms. The number of rotatable bonds is 11. The number of hydrogen-bond acceptors (Lipinski definition) is 9. The number of ether oxygens (including phenoxy) is 3. The Balaban J connectivity index is 1.69. The van der Waals surface area contributed by atoms with Gasteiger partial charge >= 0.3 is 11.9 Å². The molecular formula is C24H22Cl2N4O6S. The third-order valence-corrected chi connectivity index (χ3v) is 6.24. The Morgan fingerprint density at radius 2 is 1.73 bits per heavy atom. The molecule has 0 aliphatic rings. The molecule has 0 unspecified atom stereocenters. The van der Waals surface area contributed by atoms with Gasteiger partial charge in [0.1, 0.15) is 12.4 Å². The van der Waals surface area contributed by atoms with Crippen LogP contribution in [0.25, 0.3) is 0 Å². The van der Waals surface area contributed by atoms with Crippen LogP contribution in [0.3, 0.4) is 0 Å². The first-order valence-electron chi connectivity index (χ1n) is 10.6. The number of hydrogen-bond donors (Lipinski definition) is 1. The number of thioether (sulfide) groups is 1. The molecule has 0 radical (unpaired) electrons. The van der Waals surface area contributed by atoms with Crippen LogP contribution >= 0.6 is 35.0 Å². The molecule has 1 amide bonds. The van der Waals surface area contributed by atoms with Gasteiger partial charge < -0.3 is 19.5 Å². The zero-order valence-corrected chi connectivity index (χ0v) is 22.2. The summed E-state index contributed by atoms with van der Waals surface area (Å²) in [5.41, 5.74) is 0.407. The van der Waals surface area contributed by atoms with Gasteiger partial charge in [-0.2, -0.15) is 0 Å². The van der Waals surface area contributed by atoms with E-state index in [4.69, 9.17) is 37.4 Å². The van der Waals surface area contributed by atoms with E-state index in [1.54, 1.807) is 28.8 Å². The number of amides is 1. The lowest BCUT2D eigenvalue weighted by atomic mass is 10.1. The summed E-state index contributed by atoms with van der Waals surface area (Å²) in [5.74, 6) is -0.822. The van der Waals surface area contributed by atoms with E-state index in [1.807, 2.05) is 0 Å². The number of halogens is 2. The van der Waals surface area contributed by atoms with Crippen LogP contribution in [0.15, 0.2) is 54.2 Å². The molecule has 1 N–H and O–H groups in total. The minimum atomic E-state index is -0.664. The highest BCUT2D eigenvalue weighted by atomic mass is 35.5. The van der Waals surface area contributed by atoms with E-state index >= 15 is 0 Å². The first-order chi connectivity index (χ1) is 17.7. The second-order valence-electron chi connectivity index (χ2n) is 7.28. The lowest BCUT2D eigenvalue weighted by molar-refractivity contribution is -0.113.